The summed E-state index contributed by atoms with van der Waals surface area (Å²) in [5, 5.41) is 9.71. The number of aryl methyl sites for hydroxylation is 1. The van der Waals surface area contributed by atoms with Crippen molar-refractivity contribution in [2.24, 2.45) is 7.05 Å². The molecule has 114 valence electrons. The Morgan fingerprint density at radius 2 is 1.81 bits per heavy atom. The Morgan fingerprint density at radius 3 is 2.48 bits per heavy atom. The van der Waals surface area contributed by atoms with Gasteiger partial charge >= 0.3 is 0 Å². The Kier molecular flexibility index (Phi) is 3.77. The highest BCUT2D eigenvalue weighted by atomic mass is 16.3. The average Bonchev–Trinajstić information content (AvgIpc) is 2.88. The van der Waals surface area contributed by atoms with Crippen LogP contribution in [0.2, 0.25) is 0 Å². The quantitative estimate of drug-likeness (QED) is 0.874. The van der Waals surface area contributed by atoms with Gasteiger partial charge in [-0.15, -0.1) is 0 Å². The largest absolute Gasteiger partial charge is 0.392 e. The van der Waals surface area contributed by atoms with E-state index in [4.69, 9.17) is 0 Å². The molecule has 2 atom stereocenters. The van der Waals surface area contributed by atoms with Crippen LogP contribution in [-0.4, -0.2) is 67.9 Å². The Bertz CT molecular complexity index is 617. The zero-order chi connectivity index (χ0) is 15.0. The van der Waals surface area contributed by atoms with E-state index < -0.39 is 0 Å². The molecule has 0 amide bonds. The molecule has 0 aliphatic carbocycles. The van der Waals surface area contributed by atoms with Gasteiger partial charge in [-0.3, -0.25) is 4.90 Å². The van der Waals surface area contributed by atoms with Crippen molar-refractivity contribution in [3.63, 3.8) is 0 Å². The molecule has 7 heteroatoms. The van der Waals surface area contributed by atoms with Crippen molar-refractivity contribution in [3.8, 4) is 0 Å². The molecule has 21 heavy (non-hydrogen) atoms. The van der Waals surface area contributed by atoms with Crippen molar-refractivity contribution < 1.29 is 5.11 Å². The van der Waals surface area contributed by atoms with Crippen LogP contribution in [0.25, 0.3) is 11.2 Å². The van der Waals surface area contributed by atoms with E-state index in [1.165, 1.54) is 0 Å². The van der Waals surface area contributed by atoms with E-state index in [2.05, 4.69) is 31.7 Å². The number of aromatic nitrogens is 4. The first-order valence-corrected chi connectivity index (χ1v) is 7.37. The Morgan fingerprint density at radius 1 is 1.10 bits per heavy atom. The predicted molar refractivity (Wildman–Crippen MR) is 81.2 cm³/mol. The fourth-order valence-electron chi connectivity index (χ4n) is 2.81. The van der Waals surface area contributed by atoms with Gasteiger partial charge in [0.15, 0.2) is 17.0 Å². The molecule has 0 aromatic carbocycles. The maximum Gasteiger partial charge on any atom is 0.165 e. The number of rotatable bonds is 3. The number of nitrogens with zero attached hydrogens (tertiary/aromatic N) is 6. The topological polar surface area (TPSA) is 70.3 Å². The van der Waals surface area contributed by atoms with E-state index in [-0.39, 0.29) is 12.1 Å². The highest BCUT2D eigenvalue weighted by Gasteiger charge is 2.25. The van der Waals surface area contributed by atoms with Crippen LogP contribution in [-0.2, 0) is 7.05 Å². The second-order valence-electron chi connectivity index (χ2n) is 5.73. The molecule has 0 radical (unpaired) electrons. The van der Waals surface area contributed by atoms with E-state index in [1.807, 2.05) is 18.5 Å². The molecular weight excluding hydrogens is 268 g/mol. The van der Waals surface area contributed by atoms with Crippen LogP contribution < -0.4 is 4.90 Å². The molecule has 0 saturated carbocycles. The van der Waals surface area contributed by atoms with Crippen LogP contribution in [0.5, 0.6) is 0 Å². The first kappa shape index (κ1) is 14.2. The predicted octanol–water partition coefficient (Wildman–Crippen LogP) is 0.255. The molecule has 2 aromatic heterocycles. The van der Waals surface area contributed by atoms with Gasteiger partial charge in [0.25, 0.3) is 0 Å². The first-order chi connectivity index (χ1) is 10.1. The summed E-state index contributed by atoms with van der Waals surface area (Å²) in [5.74, 6) is 0.907. The van der Waals surface area contributed by atoms with E-state index >= 15 is 0 Å². The zero-order valence-electron chi connectivity index (χ0n) is 12.8. The van der Waals surface area contributed by atoms with E-state index in [1.54, 1.807) is 12.7 Å². The molecule has 7 nitrogen and oxygen atoms in total. The lowest BCUT2D eigenvalue weighted by atomic mass is 10.1. The molecule has 0 bridgehead atoms. The first-order valence-electron chi connectivity index (χ1n) is 7.37. The highest BCUT2D eigenvalue weighted by Crippen LogP contribution is 2.22. The van der Waals surface area contributed by atoms with Crippen molar-refractivity contribution in [1.82, 2.24) is 24.4 Å². The lowest BCUT2D eigenvalue weighted by molar-refractivity contribution is 0.0672. The number of aliphatic hydroxyl groups excluding tert-OH is 1. The van der Waals surface area contributed by atoms with E-state index in [0.29, 0.717) is 0 Å². The Hall–Kier alpha value is -1.73. The minimum atomic E-state index is -0.307. The second-order valence-corrected chi connectivity index (χ2v) is 5.73. The normalized spacial score (nSPS) is 19.9. The van der Waals surface area contributed by atoms with Crippen molar-refractivity contribution in [3.05, 3.63) is 12.7 Å². The number of fused-ring (bicyclic) bond motifs is 1. The Balaban J connectivity index is 1.77. The van der Waals surface area contributed by atoms with Crippen LogP contribution in [0.15, 0.2) is 12.7 Å². The third-order valence-electron chi connectivity index (χ3n) is 4.37. The molecule has 1 N–H and O–H groups in total. The minimum Gasteiger partial charge on any atom is -0.392 e. The van der Waals surface area contributed by atoms with Gasteiger partial charge in [-0.1, -0.05) is 0 Å². The summed E-state index contributed by atoms with van der Waals surface area (Å²) in [6, 6.07) is 0.187. The van der Waals surface area contributed by atoms with Crippen molar-refractivity contribution >= 4 is 17.0 Å². The monoisotopic (exact) mass is 290 g/mol. The molecule has 2 aromatic rings. The van der Waals surface area contributed by atoms with Crippen molar-refractivity contribution in [2.45, 2.75) is 26.0 Å². The van der Waals surface area contributed by atoms with Gasteiger partial charge in [-0.05, 0) is 13.8 Å². The standard InChI is InChI=1S/C14H22N6O/c1-10(11(2)21)19-4-6-20(7-5-19)14-12-13(15-8-16-14)18(3)9-17-12/h8-11,21H,4-7H2,1-3H3. The van der Waals surface area contributed by atoms with Gasteiger partial charge in [0.2, 0.25) is 0 Å². The maximum atomic E-state index is 9.71. The molecule has 1 aliphatic heterocycles. The van der Waals surface area contributed by atoms with Gasteiger partial charge in [-0.25, -0.2) is 15.0 Å². The average molecular weight is 290 g/mol. The van der Waals surface area contributed by atoms with E-state index in [9.17, 15) is 5.11 Å². The van der Waals surface area contributed by atoms with Gasteiger partial charge < -0.3 is 14.6 Å². The number of aliphatic hydroxyl groups is 1. The summed E-state index contributed by atoms with van der Waals surface area (Å²) in [6.45, 7) is 7.54. The SMILES string of the molecule is CC(O)C(C)N1CCN(c2ncnc3c2ncn3C)CC1. The van der Waals surface area contributed by atoms with Crippen LogP contribution in [0.1, 0.15) is 13.8 Å². The molecular formula is C14H22N6O. The number of hydrogen-bond donors (Lipinski definition) is 1. The Labute approximate surface area is 124 Å². The maximum absolute atomic E-state index is 9.71. The molecule has 0 spiro atoms. The van der Waals surface area contributed by atoms with Gasteiger partial charge in [0.05, 0.1) is 12.4 Å². The smallest absolute Gasteiger partial charge is 0.165 e. The fourth-order valence-corrected chi connectivity index (χ4v) is 2.81. The van der Waals surface area contributed by atoms with Crippen LogP contribution >= 0.6 is 0 Å². The summed E-state index contributed by atoms with van der Waals surface area (Å²) in [5.41, 5.74) is 1.72. The molecule has 1 aliphatic rings. The van der Waals surface area contributed by atoms with Crippen LogP contribution in [0.4, 0.5) is 5.82 Å². The number of imidazole rings is 1. The second kappa shape index (κ2) is 5.57. The number of hydrogen-bond acceptors (Lipinski definition) is 6. The highest BCUT2D eigenvalue weighted by molar-refractivity contribution is 5.83. The number of piperazine rings is 1. The molecule has 2 unspecified atom stereocenters. The number of anilines is 1. The van der Waals surface area contributed by atoms with Gasteiger partial charge in [0, 0.05) is 39.3 Å². The summed E-state index contributed by atoms with van der Waals surface area (Å²) in [4.78, 5) is 17.7. The molecule has 3 heterocycles. The minimum absolute atomic E-state index is 0.187. The molecule has 1 saturated heterocycles. The summed E-state index contributed by atoms with van der Waals surface area (Å²) in [6.07, 6.45) is 3.07. The summed E-state index contributed by atoms with van der Waals surface area (Å²) in [7, 11) is 1.94. The zero-order valence-corrected chi connectivity index (χ0v) is 12.8. The van der Waals surface area contributed by atoms with Crippen LogP contribution in [0, 0.1) is 0 Å². The summed E-state index contributed by atoms with van der Waals surface area (Å²) >= 11 is 0. The third kappa shape index (κ3) is 2.58. The van der Waals surface area contributed by atoms with Crippen molar-refractivity contribution in [1.29, 1.82) is 0 Å². The summed E-state index contributed by atoms with van der Waals surface area (Å²) < 4.78 is 1.91. The molecule has 1 fully saturated rings. The van der Waals surface area contributed by atoms with E-state index in [0.717, 1.165) is 43.2 Å². The molecule has 3 rings (SSSR count). The van der Waals surface area contributed by atoms with Crippen molar-refractivity contribution in [2.75, 3.05) is 31.1 Å². The lowest BCUT2D eigenvalue weighted by Crippen LogP contribution is -2.52. The van der Waals surface area contributed by atoms with Gasteiger partial charge in [-0.2, -0.15) is 0 Å². The lowest BCUT2D eigenvalue weighted by Gasteiger charge is -2.39. The van der Waals surface area contributed by atoms with Gasteiger partial charge in [0.1, 0.15) is 6.33 Å². The third-order valence-corrected chi connectivity index (χ3v) is 4.37. The van der Waals surface area contributed by atoms with Crippen LogP contribution in [0.3, 0.4) is 0 Å². The fraction of sp³-hybridized carbons (Fsp3) is 0.643.